The van der Waals surface area contributed by atoms with Crippen LogP contribution in [0.1, 0.15) is 0 Å². The zero-order valence-electron chi connectivity index (χ0n) is 17.5. The summed E-state index contributed by atoms with van der Waals surface area (Å²) in [5, 5.41) is 0. The van der Waals surface area contributed by atoms with E-state index in [9.17, 15) is 0 Å². The lowest BCUT2D eigenvalue weighted by molar-refractivity contribution is 1.35. The summed E-state index contributed by atoms with van der Waals surface area (Å²) in [6.07, 6.45) is 0. The van der Waals surface area contributed by atoms with Gasteiger partial charge in [-0.1, -0.05) is 36.4 Å². The summed E-state index contributed by atoms with van der Waals surface area (Å²) >= 11 is 0. The molecule has 4 aromatic rings. The SMILES string of the molecule is NNc1ccc(-c2ccc(NN)cc2)cc1.Nc1ccc(-c2ccc(N)c(N)c2)cc1N. The van der Waals surface area contributed by atoms with Crippen molar-refractivity contribution < 1.29 is 0 Å². The minimum absolute atomic E-state index is 0.563. The third kappa shape index (κ3) is 5.39. The quantitative estimate of drug-likeness (QED) is 0.138. The van der Waals surface area contributed by atoms with Gasteiger partial charge in [-0.2, -0.15) is 0 Å². The molecule has 4 rings (SSSR count). The predicted molar refractivity (Wildman–Crippen MR) is 137 cm³/mol. The van der Waals surface area contributed by atoms with Gasteiger partial charge in [0.05, 0.1) is 22.7 Å². The fourth-order valence-electron chi connectivity index (χ4n) is 3.03. The summed E-state index contributed by atoms with van der Waals surface area (Å²) in [7, 11) is 0. The molecule has 0 saturated heterocycles. The molecule has 0 heterocycles. The maximum atomic E-state index is 5.74. The van der Waals surface area contributed by atoms with E-state index in [-0.39, 0.29) is 0 Å². The number of benzene rings is 4. The molecule has 164 valence electrons. The Morgan fingerprint density at radius 1 is 0.375 bits per heavy atom. The van der Waals surface area contributed by atoms with Crippen LogP contribution in [0, 0.1) is 0 Å². The van der Waals surface area contributed by atoms with Crippen LogP contribution < -0.4 is 45.5 Å². The highest BCUT2D eigenvalue weighted by molar-refractivity contribution is 5.79. The maximum Gasteiger partial charge on any atom is 0.0554 e. The van der Waals surface area contributed by atoms with Gasteiger partial charge in [0.1, 0.15) is 0 Å². The third-order valence-electron chi connectivity index (χ3n) is 4.94. The largest absolute Gasteiger partial charge is 0.397 e. The van der Waals surface area contributed by atoms with Crippen molar-refractivity contribution in [3.05, 3.63) is 84.9 Å². The average molecular weight is 429 g/mol. The van der Waals surface area contributed by atoms with Crippen LogP contribution in [0.25, 0.3) is 22.3 Å². The lowest BCUT2D eigenvalue weighted by Crippen LogP contribution is -2.06. The Morgan fingerprint density at radius 3 is 0.969 bits per heavy atom. The Labute approximate surface area is 187 Å². The molecular weight excluding hydrogens is 400 g/mol. The van der Waals surface area contributed by atoms with E-state index in [4.69, 9.17) is 34.6 Å². The highest BCUT2D eigenvalue weighted by Crippen LogP contribution is 2.28. The topological polar surface area (TPSA) is 180 Å². The third-order valence-corrected chi connectivity index (χ3v) is 4.94. The molecule has 0 aliphatic carbocycles. The molecule has 8 heteroatoms. The second-order valence-electron chi connectivity index (χ2n) is 7.13. The van der Waals surface area contributed by atoms with Gasteiger partial charge in [0.15, 0.2) is 0 Å². The number of nitrogens with one attached hydrogen (secondary N) is 2. The molecule has 0 atom stereocenters. The summed E-state index contributed by atoms with van der Waals surface area (Å²) < 4.78 is 0. The smallest absolute Gasteiger partial charge is 0.0554 e. The Kier molecular flexibility index (Phi) is 7.02. The lowest BCUT2D eigenvalue weighted by Gasteiger charge is -2.07. The molecule has 0 saturated carbocycles. The first-order valence-electron chi connectivity index (χ1n) is 9.85. The molecule has 0 aromatic heterocycles. The Morgan fingerprint density at radius 2 is 0.688 bits per heavy atom. The summed E-state index contributed by atoms with van der Waals surface area (Å²) in [5.41, 5.74) is 36.3. The first-order chi connectivity index (χ1) is 15.4. The number of rotatable bonds is 4. The second kappa shape index (κ2) is 10.1. The van der Waals surface area contributed by atoms with Gasteiger partial charge in [-0.3, -0.25) is 11.7 Å². The second-order valence-corrected chi connectivity index (χ2v) is 7.13. The van der Waals surface area contributed by atoms with Gasteiger partial charge in [-0.25, -0.2) is 0 Å². The van der Waals surface area contributed by atoms with Gasteiger partial charge in [0.2, 0.25) is 0 Å². The molecule has 0 aliphatic heterocycles. The monoisotopic (exact) mass is 428 g/mol. The average Bonchev–Trinajstić information content (AvgIpc) is 2.83. The lowest BCUT2D eigenvalue weighted by atomic mass is 10.0. The molecule has 8 nitrogen and oxygen atoms in total. The maximum absolute atomic E-state index is 5.74. The highest BCUT2D eigenvalue weighted by Gasteiger charge is 2.03. The number of hydrazine groups is 2. The van der Waals surface area contributed by atoms with E-state index < -0.39 is 0 Å². The first kappa shape index (κ1) is 22.3. The van der Waals surface area contributed by atoms with E-state index in [1.165, 1.54) is 0 Å². The molecule has 0 bridgehead atoms. The van der Waals surface area contributed by atoms with E-state index in [0.717, 1.165) is 33.6 Å². The van der Waals surface area contributed by atoms with Gasteiger partial charge in [-0.05, 0) is 70.8 Å². The van der Waals surface area contributed by atoms with Gasteiger partial charge in [-0.15, -0.1) is 0 Å². The number of anilines is 6. The summed E-state index contributed by atoms with van der Waals surface area (Å²) in [6, 6.07) is 26.8. The fraction of sp³-hybridized carbons (Fsp3) is 0. The van der Waals surface area contributed by atoms with Crippen LogP contribution in [-0.4, -0.2) is 0 Å². The van der Waals surface area contributed by atoms with Crippen LogP contribution in [0.15, 0.2) is 84.9 Å². The highest BCUT2D eigenvalue weighted by atomic mass is 15.2. The van der Waals surface area contributed by atoms with Crippen LogP contribution in [0.4, 0.5) is 34.1 Å². The van der Waals surface area contributed by atoms with E-state index in [0.29, 0.717) is 22.7 Å². The van der Waals surface area contributed by atoms with Crippen LogP contribution in [0.3, 0.4) is 0 Å². The first-order valence-corrected chi connectivity index (χ1v) is 9.85. The standard InChI is InChI=1S/2C12H14N4/c13-15-11-5-1-9(2-6-11)10-3-7-12(16-14)8-4-10;13-9-3-1-7(5-11(9)15)8-2-4-10(14)12(16)6-8/h1-8,15-16H,13-14H2;1-6H,13-16H2. The van der Waals surface area contributed by atoms with Crippen molar-refractivity contribution in [2.45, 2.75) is 0 Å². The van der Waals surface area contributed by atoms with Crippen LogP contribution in [0.5, 0.6) is 0 Å². The van der Waals surface area contributed by atoms with Gasteiger partial charge < -0.3 is 33.8 Å². The molecular formula is C24H28N8. The van der Waals surface area contributed by atoms with E-state index >= 15 is 0 Å². The molecule has 32 heavy (non-hydrogen) atoms. The predicted octanol–water partition coefficient (Wildman–Crippen LogP) is 3.61. The number of nitrogen functional groups attached to an aromatic ring is 6. The van der Waals surface area contributed by atoms with Crippen molar-refractivity contribution in [2.24, 2.45) is 11.7 Å². The minimum atomic E-state index is 0.563. The molecule has 0 fully saturated rings. The molecule has 0 unspecified atom stereocenters. The van der Waals surface area contributed by atoms with E-state index in [2.05, 4.69) is 10.9 Å². The molecule has 0 spiro atoms. The molecule has 14 N–H and O–H groups in total. The Hall–Kier alpha value is -4.40. The normalized spacial score (nSPS) is 10.1. The number of nitrogens with two attached hydrogens (primary N) is 6. The Bertz CT molecular complexity index is 1080. The zero-order chi connectivity index (χ0) is 23.1. The van der Waals surface area contributed by atoms with Crippen LogP contribution >= 0.6 is 0 Å². The number of hydrogen-bond acceptors (Lipinski definition) is 8. The minimum Gasteiger partial charge on any atom is -0.397 e. The zero-order valence-corrected chi connectivity index (χ0v) is 17.5. The molecule has 0 radical (unpaired) electrons. The van der Waals surface area contributed by atoms with Crippen molar-refractivity contribution in [1.82, 2.24) is 0 Å². The Balaban J connectivity index is 0.000000181. The molecule has 0 aliphatic rings. The molecule has 4 aromatic carbocycles. The summed E-state index contributed by atoms with van der Waals surface area (Å²) in [4.78, 5) is 0. The van der Waals surface area contributed by atoms with Gasteiger partial charge >= 0.3 is 0 Å². The van der Waals surface area contributed by atoms with Crippen molar-refractivity contribution in [2.75, 3.05) is 33.8 Å². The summed E-state index contributed by atoms with van der Waals surface area (Å²) in [6.45, 7) is 0. The van der Waals surface area contributed by atoms with Crippen molar-refractivity contribution in [1.29, 1.82) is 0 Å². The fourth-order valence-corrected chi connectivity index (χ4v) is 3.03. The van der Waals surface area contributed by atoms with E-state index in [1.54, 1.807) is 12.1 Å². The van der Waals surface area contributed by atoms with Crippen LogP contribution in [0.2, 0.25) is 0 Å². The van der Waals surface area contributed by atoms with Gasteiger partial charge in [0.25, 0.3) is 0 Å². The van der Waals surface area contributed by atoms with Crippen molar-refractivity contribution in [3.8, 4) is 22.3 Å². The summed E-state index contributed by atoms with van der Waals surface area (Å²) in [5.74, 6) is 10.6. The van der Waals surface area contributed by atoms with Gasteiger partial charge in [0, 0.05) is 11.4 Å². The van der Waals surface area contributed by atoms with Crippen molar-refractivity contribution in [3.63, 3.8) is 0 Å². The van der Waals surface area contributed by atoms with E-state index in [1.807, 2.05) is 72.8 Å². The molecule has 0 amide bonds. The van der Waals surface area contributed by atoms with Crippen LogP contribution in [-0.2, 0) is 0 Å². The number of hydrogen-bond donors (Lipinski definition) is 8. The van der Waals surface area contributed by atoms with Crippen molar-refractivity contribution >= 4 is 34.1 Å².